The first kappa shape index (κ1) is 14.2. The molecule has 1 rings (SSSR count). The van der Waals surface area contributed by atoms with E-state index in [9.17, 15) is 9.90 Å². The van der Waals surface area contributed by atoms with Crippen LogP contribution in [0.4, 0.5) is 0 Å². The van der Waals surface area contributed by atoms with Gasteiger partial charge in [-0.1, -0.05) is 39.9 Å². The second-order valence-electron chi connectivity index (χ2n) is 3.00. The number of halogens is 1. The van der Waals surface area contributed by atoms with Gasteiger partial charge in [-0.2, -0.15) is 0 Å². The molecule has 90 valence electrons. The normalized spacial score (nSPS) is 11.1. The largest absolute Gasteiger partial charge is 0.507 e. The number of phenolic OH excluding ortho intramolecular Hbond substituents is 1. The van der Waals surface area contributed by atoms with Gasteiger partial charge in [-0.05, 0) is 24.3 Å². The maximum absolute atomic E-state index is 11.5. The van der Waals surface area contributed by atoms with Crippen molar-refractivity contribution in [2.24, 2.45) is 0 Å². The number of hydrogen-bond acceptors (Lipinski definition) is 4. The van der Waals surface area contributed by atoms with Crippen molar-refractivity contribution in [3.63, 3.8) is 0 Å². The minimum atomic E-state index is -0.240. The molecule has 0 saturated heterocycles. The molecular weight excluding hydrogens is 322 g/mol. The molecule has 0 aliphatic rings. The highest BCUT2D eigenvalue weighted by Crippen LogP contribution is 2.26. The number of likely N-dealkylation sites (N-methyl/N-ethyl adjacent to an activating group) is 1. The molecule has 0 unspecified atom stereocenters. The fourth-order valence-corrected chi connectivity index (χ4v) is 2.31. The number of thioether (sulfide) groups is 1. The number of benzene rings is 1. The summed E-state index contributed by atoms with van der Waals surface area (Å²) >= 11 is 9.15. The van der Waals surface area contributed by atoms with E-state index in [4.69, 9.17) is 12.2 Å². The van der Waals surface area contributed by atoms with Crippen molar-refractivity contribution in [3.8, 4) is 5.75 Å². The number of amides is 1. The zero-order chi connectivity index (χ0) is 12.8. The number of aromatic hydroxyl groups is 1. The van der Waals surface area contributed by atoms with Crippen LogP contribution in [-0.4, -0.2) is 22.8 Å². The van der Waals surface area contributed by atoms with Crippen LogP contribution in [0.5, 0.6) is 5.75 Å². The van der Waals surface area contributed by atoms with Crippen molar-refractivity contribution >= 4 is 56.6 Å². The van der Waals surface area contributed by atoms with Crippen molar-refractivity contribution in [3.05, 3.63) is 33.1 Å². The molecule has 0 bridgehead atoms. The first-order valence-electron chi connectivity index (χ1n) is 4.61. The van der Waals surface area contributed by atoms with E-state index in [2.05, 4.69) is 21.2 Å². The van der Waals surface area contributed by atoms with Gasteiger partial charge in [0.1, 0.15) is 5.75 Å². The van der Waals surface area contributed by atoms with Crippen LogP contribution in [0.2, 0.25) is 0 Å². The summed E-state index contributed by atoms with van der Waals surface area (Å²) in [5.41, 5.74) is 0.558. The molecule has 0 aliphatic carbocycles. The van der Waals surface area contributed by atoms with E-state index in [0.29, 0.717) is 10.5 Å². The van der Waals surface area contributed by atoms with E-state index in [0.717, 1.165) is 16.2 Å². The summed E-state index contributed by atoms with van der Waals surface area (Å²) in [6.07, 6.45) is 1.59. The van der Waals surface area contributed by atoms with Crippen molar-refractivity contribution in [2.45, 2.75) is 0 Å². The van der Waals surface area contributed by atoms with E-state index >= 15 is 0 Å². The number of carbonyl (C=O) groups is 1. The van der Waals surface area contributed by atoms with Crippen molar-refractivity contribution in [2.75, 3.05) is 7.05 Å². The van der Waals surface area contributed by atoms with Gasteiger partial charge in [0.15, 0.2) is 0 Å². The number of thiocarbonyl (C=S) groups is 1. The third-order valence-electron chi connectivity index (χ3n) is 1.90. The summed E-state index contributed by atoms with van der Waals surface area (Å²) in [4.78, 5) is 12.0. The molecule has 2 N–H and O–H groups in total. The minimum absolute atomic E-state index is 0.111. The standard InChI is InChI=1S/C11H10BrNO2S2/c1-13-11(15)10(17-6-16)5-7-4-8(12)2-3-9(7)14/h2-6,14H,1H3,(H,13,15)/b10-5-. The van der Waals surface area contributed by atoms with Crippen LogP contribution in [0.1, 0.15) is 5.56 Å². The molecule has 0 fully saturated rings. The zero-order valence-electron chi connectivity index (χ0n) is 8.94. The molecule has 0 spiro atoms. The Balaban J connectivity index is 3.15. The second-order valence-corrected chi connectivity index (χ2v) is 5.37. The maximum atomic E-state index is 11.5. The van der Waals surface area contributed by atoms with Gasteiger partial charge >= 0.3 is 0 Å². The molecule has 0 aliphatic heterocycles. The smallest absolute Gasteiger partial charge is 0.257 e. The molecular formula is C11H10BrNO2S2. The average Bonchev–Trinajstić information content (AvgIpc) is 2.32. The van der Waals surface area contributed by atoms with Crippen molar-refractivity contribution in [1.29, 1.82) is 0 Å². The molecule has 3 nitrogen and oxygen atoms in total. The number of phenols is 1. The first-order chi connectivity index (χ1) is 8.08. The number of nitrogens with one attached hydrogen (secondary N) is 1. The number of hydrogen-bond donors (Lipinski definition) is 2. The molecule has 0 aromatic heterocycles. The molecule has 0 heterocycles. The lowest BCUT2D eigenvalue weighted by Gasteiger charge is -2.04. The fraction of sp³-hybridized carbons (Fsp3) is 0.0909. The first-order valence-corrected chi connectivity index (χ1v) is 6.75. The highest BCUT2D eigenvalue weighted by Gasteiger charge is 2.08. The van der Waals surface area contributed by atoms with Crippen LogP contribution in [0.25, 0.3) is 6.08 Å². The second kappa shape index (κ2) is 6.78. The summed E-state index contributed by atoms with van der Waals surface area (Å²) in [6, 6.07) is 5.00. The van der Waals surface area contributed by atoms with Gasteiger partial charge in [0.2, 0.25) is 0 Å². The topological polar surface area (TPSA) is 49.3 Å². The Morgan fingerprint density at radius 3 is 2.88 bits per heavy atom. The Morgan fingerprint density at radius 1 is 1.59 bits per heavy atom. The Labute approximate surface area is 117 Å². The Morgan fingerprint density at radius 2 is 2.29 bits per heavy atom. The van der Waals surface area contributed by atoms with E-state index in [-0.39, 0.29) is 11.7 Å². The van der Waals surface area contributed by atoms with Crippen LogP contribution in [0.3, 0.4) is 0 Å². The summed E-state index contributed by atoms with van der Waals surface area (Å²) in [7, 11) is 1.54. The van der Waals surface area contributed by atoms with Crippen molar-refractivity contribution in [1.82, 2.24) is 5.32 Å². The van der Waals surface area contributed by atoms with Gasteiger partial charge in [-0.25, -0.2) is 0 Å². The molecule has 1 aromatic rings. The van der Waals surface area contributed by atoms with Crippen LogP contribution >= 0.6 is 39.9 Å². The average molecular weight is 332 g/mol. The Bertz CT molecular complexity index is 475. The lowest BCUT2D eigenvalue weighted by Crippen LogP contribution is -2.18. The summed E-state index contributed by atoms with van der Waals surface area (Å²) < 4.78 is 2.22. The van der Waals surface area contributed by atoms with E-state index in [1.807, 2.05) is 0 Å². The van der Waals surface area contributed by atoms with Crippen LogP contribution in [-0.2, 0) is 4.79 Å². The SMILES string of the molecule is CNC(=O)/C(=C/c1cc(Br)ccc1O)SC=S. The number of rotatable bonds is 4. The molecule has 0 saturated carbocycles. The van der Waals surface area contributed by atoms with Crippen LogP contribution in [0.15, 0.2) is 27.6 Å². The van der Waals surface area contributed by atoms with Gasteiger partial charge in [-0.3, -0.25) is 4.79 Å². The summed E-state index contributed by atoms with van der Waals surface area (Å²) in [6.45, 7) is 0. The zero-order valence-corrected chi connectivity index (χ0v) is 12.2. The summed E-state index contributed by atoms with van der Waals surface area (Å²) in [5, 5.41) is 12.2. The van der Waals surface area contributed by atoms with E-state index in [1.165, 1.54) is 4.70 Å². The maximum Gasteiger partial charge on any atom is 0.257 e. The van der Waals surface area contributed by atoms with Crippen LogP contribution in [0, 0.1) is 0 Å². The van der Waals surface area contributed by atoms with Gasteiger partial charge in [0.05, 0.1) is 4.91 Å². The van der Waals surface area contributed by atoms with Gasteiger partial charge in [-0.15, -0.1) is 0 Å². The molecule has 0 atom stereocenters. The quantitative estimate of drug-likeness (QED) is 0.657. The van der Waals surface area contributed by atoms with Crippen molar-refractivity contribution < 1.29 is 9.90 Å². The van der Waals surface area contributed by atoms with Gasteiger partial charge < -0.3 is 10.4 Å². The predicted octanol–water partition coefficient (Wildman–Crippen LogP) is 2.93. The number of carbonyl (C=O) groups excluding carboxylic acids is 1. The Hall–Kier alpha value is -0.850. The highest BCUT2D eigenvalue weighted by atomic mass is 79.9. The molecule has 1 aromatic carbocycles. The molecule has 6 heteroatoms. The van der Waals surface area contributed by atoms with E-state index in [1.54, 1.807) is 31.3 Å². The van der Waals surface area contributed by atoms with Gasteiger partial charge in [0.25, 0.3) is 5.91 Å². The lowest BCUT2D eigenvalue weighted by atomic mass is 10.2. The summed E-state index contributed by atoms with van der Waals surface area (Å²) in [5.74, 6) is -0.130. The minimum Gasteiger partial charge on any atom is -0.507 e. The molecule has 17 heavy (non-hydrogen) atoms. The van der Waals surface area contributed by atoms with Crippen LogP contribution < -0.4 is 5.32 Å². The fourth-order valence-electron chi connectivity index (χ4n) is 1.11. The van der Waals surface area contributed by atoms with E-state index < -0.39 is 0 Å². The molecule has 1 amide bonds. The monoisotopic (exact) mass is 331 g/mol. The Kier molecular flexibility index (Phi) is 5.67. The highest BCUT2D eigenvalue weighted by molar-refractivity contribution is 9.10. The molecule has 0 radical (unpaired) electrons. The van der Waals surface area contributed by atoms with Gasteiger partial charge in [0, 0.05) is 21.8 Å². The third-order valence-corrected chi connectivity index (χ3v) is 3.34. The lowest BCUT2D eigenvalue weighted by molar-refractivity contribution is -0.116. The third kappa shape index (κ3) is 4.14. The predicted molar refractivity (Wildman–Crippen MR) is 79.1 cm³/mol.